The van der Waals surface area contributed by atoms with Gasteiger partial charge in [-0.2, -0.15) is 0 Å². The van der Waals surface area contributed by atoms with Crippen LogP contribution in [0.15, 0.2) is 18.3 Å². The molecule has 0 unspecified atom stereocenters. The van der Waals surface area contributed by atoms with Gasteiger partial charge < -0.3 is 10.5 Å². The maximum atomic E-state index is 5.63. The molecule has 0 radical (unpaired) electrons. The van der Waals surface area contributed by atoms with Crippen molar-refractivity contribution >= 4 is 17.2 Å². The van der Waals surface area contributed by atoms with Crippen LogP contribution < -0.4 is 5.73 Å². The van der Waals surface area contributed by atoms with E-state index in [2.05, 4.69) is 16.9 Å². The molecule has 0 atom stereocenters. The predicted molar refractivity (Wildman–Crippen MR) is 80.0 cm³/mol. The third-order valence-electron chi connectivity index (χ3n) is 3.20. The van der Waals surface area contributed by atoms with Crippen molar-refractivity contribution < 1.29 is 4.74 Å². The van der Waals surface area contributed by atoms with Crippen LogP contribution in [-0.2, 0) is 11.3 Å². The fourth-order valence-electron chi connectivity index (χ4n) is 1.85. The van der Waals surface area contributed by atoms with Gasteiger partial charge in [-0.05, 0) is 43.5 Å². The second kappa shape index (κ2) is 6.93. The Balaban J connectivity index is 1.72. The lowest BCUT2D eigenvalue weighted by Crippen LogP contribution is -2.23. The summed E-state index contributed by atoms with van der Waals surface area (Å²) >= 11 is 4.93. The second-order valence-corrected chi connectivity index (χ2v) is 5.61. The zero-order valence-electron chi connectivity index (χ0n) is 11.3. The Kier molecular flexibility index (Phi) is 5.24. The molecule has 1 saturated carbocycles. The number of nitrogens with zero attached hydrogens (tertiary/aromatic N) is 2. The summed E-state index contributed by atoms with van der Waals surface area (Å²) in [5.41, 5.74) is 7.44. The molecule has 1 aromatic heterocycles. The van der Waals surface area contributed by atoms with Crippen LogP contribution >= 0.6 is 12.2 Å². The third-order valence-corrected chi connectivity index (χ3v) is 3.41. The molecule has 104 valence electrons. The van der Waals surface area contributed by atoms with E-state index in [4.69, 9.17) is 22.7 Å². The summed E-state index contributed by atoms with van der Waals surface area (Å²) in [6, 6.07) is 3.94. The van der Waals surface area contributed by atoms with E-state index in [-0.39, 0.29) is 0 Å². The summed E-state index contributed by atoms with van der Waals surface area (Å²) in [7, 11) is 2.08. The monoisotopic (exact) mass is 279 g/mol. The summed E-state index contributed by atoms with van der Waals surface area (Å²) in [5, 5.41) is 0. The lowest BCUT2D eigenvalue weighted by molar-refractivity contribution is 0.102. The first-order valence-electron chi connectivity index (χ1n) is 6.66. The smallest absolute Gasteiger partial charge is 0.122 e. The summed E-state index contributed by atoms with van der Waals surface area (Å²) in [6.07, 6.45) is 4.44. The van der Waals surface area contributed by atoms with Crippen molar-refractivity contribution in [1.29, 1.82) is 0 Å². The quantitative estimate of drug-likeness (QED) is 0.578. The molecule has 1 aliphatic rings. The minimum atomic E-state index is 0.345. The van der Waals surface area contributed by atoms with Gasteiger partial charge in [0.1, 0.15) is 4.99 Å². The summed E-state index contributed by atoms with van der Waals surface area (Å²) in [4.78, 5) is 6.71. The van der Waals surface area contributed by atoms with Crippen molar-refractivity contribution in [2.45, 2.75) is 19.4 Å². The van der Waals surface area contributed by atoms with E-state index in [1.807, 2.05) is 12.1 Å². The van der Waals surface area contributed by atoms with Gasteiger partial charge in [0.05, 0.1) is 12.3 Å². The van der Waals surface area contributed by atoms with Crippen LogP contribution in [0.4, 0.5) is 0 Å². The standard InChI is InChI=1S/C14H21N3OS/c1-17(6-7-18-10-11-2-3-11)9-12-4-5-16-13(8-12)14(15)19/h4-5,8,11H,2-3,6-7,9-10H2,1H3,(H2,15,19). The normalized spacial score (nSPS) is 14.8. The Labute approximate surface area is 120 Å². The van der Waals surface area contributed by atoms with Gasteiger partial charge in [0.2, 0.25) is 0 Å². The average molecular weight is 279 g/mol. The van der Waals surface area contributed by atoms with E-state index >= 15 is 0 Å². The van der Waals surface area contributed by atoms with Crippen molar-refractivity contribution in [1.82, 2.24) is 9.88 Å². The molecule has 1 aliphatic carbocycles. The van der Waals surface area contributed by atoms with Crippen LogP contribution in [-0.4, -0.2) is 41.7 Å². The van der Waals surface area contributed by atoms with Gasteiger partial charge in [-0.1, -0.05) is 12.2 Å². The number of pyridine rings is 1. The van der Waals surface area contributed by atoms with Crippen molar-refractivity contribution in [2.75, 3.05) is 26.8 Å². The van der Waals surface area contributed by atoms with Crippen molar-refractivity contribution in [3.8, 4) is 0 Å². The number of rotatable bonds is 8. The predicted octanol–water partition coefficient (Wildman–Crippen LogP) is 1.57. The summed E-state index contributed by atoms with van der Waals surface area (Å²) in [5.74, 6) is 0.832. The first-order chi connectivity index (χ1) is 9.15. The number of hydrogen-bond donors (Lipinski definition) is 1. The number of thiocarbonyl (C=S) groups is 1. The number of aromatic nitrogens is 1. The van der Waals surface area contributed by atoms with E-state index in [0.717, 1.165) is 32.2 Å². The van der Waals surface area contributed by atoms with Gasteiger partial charge in [-0.15, -0.1) is 0 Å². The summed E-state index contributed by atoms with van der Waals surface area (Å²) in [6.45, 7) is 3.50. The highest BCUT2D eigenvalue weighted by Crippen LogP contribution is 2.28. The van der Waals surface area contributed by atoms with E-state index in [9.17, 15) is 0 Å². The zero-order chi connectivity index (χ0) is 13.7. The largest absolute Gasteiger partial charge is 0.388 e. The Bertz CT molecular complexity index is 434. The van der Waals surface area contributed by atoms with Crippen molar-refractivity contribution in [2.24, 2.45) is 11.7 Å². The molecule has 1 fully saturated rings. The molecule has 0 spiro atoms. The Morgan fingerprint density at radius 3 is 3.05 bits per heavy atom. The zero-order valence-corrected chi connectivity index (χ0v) is 12.2. The first-order valence-corrected chi connectivity index (χ1v) is 7.07. The fraction of sp³-hybridized carbons (Fsp3) is 0.571. The summed E-state index contributed by atoms with van der Waals surface area (Å²) < 4.78 is 5.63. The molecule has 4 nitrogen and oxygen atoms in total. The van der Waals surface area contributed by atoms with Gasteiger partial charge >= 0.3 is 0 Å². The molecule has 2 N–H and O–H groups in total. The van der Waals surface area contributed by atoms with Gasteiger partial charge in [0.25, 0.3) is 0 Å². The fourth-order valence-corrected chi connectivity index (χ4v) is 1.96. The number of likely N-dealkylation sites (N-methyl/N-ethyl adjacent to an activating group) is 1. The molecule has 1 aromatic rings. The lowest BCUT2D eigenvalue weighted by Gasteiger charge is -2.17. The van der Waals surface area contributed by atoms with Gasteiger partial charge in [-0.3, -0.25) is 9.88 Å². The highest BCUT2D eigenvalue weighted by molar-refractivity contribution is 7.80. The van der Waals surface area contributed by atoms with E-state index in [0.29, 0.717) is 10.7 Å². The minimum Gasteiger partial charge on any atom is -0.388 e. The number of nitrogens with two attached hydrogens (primary N) is 1. The molecule has 0 bridgehead atoms. The van der Waals surface area contributed by atoms with Crippen molar-refractivity contribution in [3.63, 3.8) is 0 Å². The molecular weight excluding hydrogens is 258 g/mol. The van der Waals surface area contributed by atoms with Crippen LogP contribution in [0.5, 0.6) is 0 Å². The van der Waals surface area contributed by atoms with Crippen LogP contribution in [0.25, 0.3) is 0 Å². The molecule has 0 amide bonds. The van der Waals surface area contributed by atoms with E-state index in [1.165, 1.54) is 18.4 Å². The Morgan fingerprint density at radius 2 is 2.37 bits per heavy atom. The van der Waals surface area contributed by atoms with Crippen LogP contribution in [0.2, 0.25) is 0 Å². The molecular formula is C14H21N3OS. The molecule has 0 aromatic carbocycles. The van der Waals surface area contributed by atoms with Crippen LogP contribution in [0, 0.1) is 5.92 Å². The van der Waals surface area contributed by atoms with Crippen molar-refractivity contribution in [3.05, 3.63) is 29.6 Å². The van der Waals surface area contributed by atoms with Gasteiger partial charge in [-0.25, -0.2) is 0 Å². The van der Waals surface area contributed by atoms with Gasteiger partial charge in [0, 0.05) is 25.9 Å². The maximum Gasteiger partial charge on any atom is 0.122 e. The second-order valence-electron chi connectivity index (χ2n) is 5.17. The molecule has 1 heterocycles. The maximum absolute atomic E-state index is 5.63. The van der Waals surface area contributed by atoms with Crippen LogP contribution in [0.1, 0.15) is 24.1 Å². The molecule has 0 saturated heterocycles. The van der Waals surface area contributed by atoms with E-state index in [1.54, 1.807) is 6.20 Å². The molecule has 19 heavy (non-hydrogen) atoms. The topological polar surface area (TPSA) is 51.4 Å². The highest BCUT2D eigenvalue weighted by Gasteiger charge is 2.20. The first kappa shape index (κ1) is 14.4. The number of ether oxygens (including phenoxy) is 1. The average Bonchev–Trinajstić information content (AvgIpc) is 3.19. The van der Waals surface area contributed by atoms with Crippen LogP contribution in [0.3, 0.4) is 0 Å². The molecule has 2 rings (SSSR count). The Hall–Kier alpha value is -1.04. The van der Waals surface area contributed by atoms with Gasteiger partial charge in [0.15, 0.2) is 0 Å². The molecule has 0 aliphatic heterocycles. The van der Waals surface area contributed by atoms with E-state index < -0.39 is 0 Å². The molecule has 5 heteroatoms. The third kappa shape index (κ3) is 5.22. The Morgan fingerprint density at radius 1 is 1.58 bits per heavy atom. The SMILES string of the molecule is CN(CCOCC1CC1)Cc1ccnc(C(N)=S)c1. The highest BCUT2D eigenvalue weighted by atomic mass is 32.1. The lowest BCUT2D eigenvalue weighted by atomic mass is 10.2. The minimum absolute atomic E-state index is 0.345. The number of hydrogen-bond acceptors (Lipinski definition) is 4.